The van der Waals surface area contributed by atoms with Gasteiger partial charge >= 0.3 is 0 Å². The van der Waals surface area contributed by atoms with Gasteiger partial charge in [-0.05, 0) is 71.5 Å². The third-order valence-electron chi connectivity index (χ3n) is 3.92. The first-order valence-electron chi connectivity index (χ1n) is 7.83. The smallest absolute Gasteiger partial charge is 0.230 e. The second-order valence-electron chi connectivity index (χ2n) is 5.73. The van der Waals surface area contributed by atoms with Crippen molar-refractivity contribution in [3.63, 3.8) is 0 Å². The Balaban J connectivity index is 1.60. The first-order valence-corrected chi connectivity index (χ1v) is 9.69. The van der Waals surface area contributed by atoms with Crippen LogP contribution in [-0.4, -0.2) is 31.9 Å². The van der Waals surface area contributed by atoms with Crippen LogP contribution < -0.4 is 5.32 Å². The summed E-state index contributed by atoms with van der Waals surface area (Å²) in [6.45, 7) is 6.72. The van der Waals surface area contributed by atoms with E-state index in [0.717, 1.165) is 5.69 Å². The van der Waals surface area contributed by atoms with Crippen LogP contribution in [0.3, 0.4) is 0 Å². The van der Waals surface area contributed by atoms with Gasteiger partial charge in [-0.15, -0.1) is 16.4 Å². The van der Waals surface area contributed by atoms with E-state index < -0.39 is 0 Å². The van der Waals surface area contributed by atoms with Crippen LogP contribution in [0.25, 0.3) is 5.69 Å². The predicted octanol–water partition coefficient (Wildman–Crippen LogP) is 3.06. The fraction of sp³-hybridized carbons (Fsp3) is 0.294. The maximum absolute atomic E-state index is 12.1. The van der Waals surface area contributed by atoms with Crippen molar-refractivity contribution in [1.29, 1.82) is 0 Å². The number of thioether (sulfide) groups is 1. The minimum absolute atomic E-state index is 0.0348. The lowest BCUT2D eigenvalue weighted by Gasteiger charge is -2.07. The van der Waals surface area contributed by atoms with Crippen LogP contribution in [0.1, 0.15) is 21.6 Å². The molecule has 0 unspecified atom stereocenters. The van der Waals surface area contributed by atoms with Gasteiger partial charge in [0, 0.05) is 4.88 Å². The van der Waals surface area contributed by atoms with E-state index in [0.29, 0.717) is 11.7 Å². The highest BCUT2D eigenvalue weighted by Gasteiger charge is 2.12. The summed E-state index contributed by atoms with van der Waals surface area (Å²) in [5.41, 5.74) is 4.49. The summed E-state index contributed by atoms with van der Waals surface area (Å²) in [6, 6.07) is 8.10. The molecule has 0 aliphatic rings. The number of aryl methyl sites for hydroxylation is 3. The average Bonchev–Trinajstić information content (AvgIpc) is 3.22. The number of carbonyl (C=O) groups is 1. The van der Waals surface area contributed by atoms with Crippen molar-refractivity contribution in [2.75, 3.05) is 5.75 Å². The van der Waals surface area contributed by atoms with Crippen LogP contribution >= 0.6 is 23.1 Å². The molecule has 0 radical (unpaired) electrons. The monoisotopic (exact) mass is 373 g/mol. The third-order valence-corrected chi connectivity index (χ3v) is 5.86. The second kappa shape index (κ2) is 7.79. The summed E-state index contributed by atoms with van der Waals surface area (Å²) in [5, 5.41) is 17.4. The average molecular weight is 374 g/mol. The fourth-order valence-corrected chi connectivity index (χ4v) is 3.80. The van der Waals surface area contributed by atoms with E-state index in [2.05, 4.69) is 40.8 Å². The Bertz CT molecular complexity index is 887. The summed E-state index contributed by atoms with van der Waals surface area (Å²) in [5.74, 6) is 0.239. The zero-order valence-corrected chi connectivity index (χ0v) is 15.9. The molecule has 25 heavy (non-hydrogen) atoms. The largest absolute Gasteiger partial charge is 0.350 e. The van der Waals surface area contributed by atoms with Crippen molar-refractivity contribution in [2.24, 2.45) is 0 Å². The maximum atomic E-state index is 12.1. The van der Waals surface area contributed by atoms with Gasteiger partial charge in [0.05, 0.1) is 18.0 Å². The van der Waals surface area contributed by atoms with Gasteiger partial charge in [0.25, 0.3) is 0 Å². The number of aromatic nitrogens is 4. The normalized spacial score (nSPS) is 10.8. The van der Waals surface area contributed by atoms with Gasteiger partial charge in [-0.1, -0.05) is 17.8 Å². The Labute approximate surface area is 154 Å². The summed E-state index contributed by atoms with van der Waals surface area (Å²) >= 11 is 2.98. The van der Waals surface area contributed by atoms with Crippen molar-refractivity contribution in [3.05, 3.63) is 51.2 Å². The maximum Gasteiger partial charge on any atom is 0.230 e. The number of amides is 1. The number of rotatable bonds is 6. The Morgan fingerprint density at radius 2 is 2.04 bits per heavy atom. The van der Waals surface area contributed by atoms with Gasteiger partial charge in [-0.25, -0.2) is 0 Å². The number of nitrogens with one attached hydrogen (secondary N) is 1. The Hall–Kier alpha value is -2.19. The molecular formula is C17H19N5OS2. The summed E-state index contributed by atoms with van der Waals surface area (Å²) < 4.78 is 1.66. The SMILES string of the molecule is Cc1ccc(-n2nnnc2SCC(=O)NCc2sccc2C)cc1C. The molecule has 1 aromatic carbocycles. The summed E-state index contributed by atoms with van der Waals surface area (Å²) in [4.78, 5) is 13.3. The van der Waals surface area contributed by atoms with E-state index in [1.165, 1.54) is 33.3 Å². The molecule has 0 bridgehead atoms. The van der Waals surface area contributed by atoms with E-state index in [1.54, 1.807) is 16.0 Å². The first-order chi connectivity index (χ1) is 12.0. The van der Waals surface area contributed by atoms with Gasteiger partial charge < -0.3 is 5.32 Å². The first kappa shape index (κ1) is 17.6. The molecule has 1 amide bonds. The molecule has 0 fully saturated rings. The molecule has 3 aromatic rings. The van der Waals surface area contributed by atoms with Crippen molar-refractivity contribution < 1.29 is 4.79 Å². The lowest BCUT2D eigenvalue weighted by molar-refractivity contribution is -0.118. The van der Waals surface area contributed by atoms with Crippen LogP contribution in [0.2, 0.25) is 0 Å². The van der Waals surface area contributed by atoms with E-state index in [4.69, 9.17) is 0 Å². The number of nitrogens with zero attached hydrogens (tertiary/aromatic N) is 4. The van der Waals surface area contributed by atoms with Crippen LogP contribution in [0.4, 0.5) is 0 Å². The molecule has 130 valence electrons. The number of hydrogen-bond donors (Lipinski definition) is 1. The molecule has 0 atom stereocenters. The molecule has 2 aromatic heterocycles. The van der Waals surface area contributed by atoms with Crippen molar-refractivity contribution >= 4 is 29.0 Å². The van der Waals surface area contributed by atoms with Gasteiger partial charge in [0.1, 0.15) is 0 Å². The van der Waals surface area contributed by atoms with E-state index in [9.17, 15) is 4.79 Å². The zero-order chi connectivity index (χ0) is 17.8. The molecule has 8 heteroatoms. The highest BCUT2D eigenvalue weighted by molar-refractivity contribution is 7.99. The van der Waals surface area contributed by atoms with Gasteiger partial charge in [-0.2, -0.15) is 4.68 Å². The highest BCUT2D eigenvalue weighted by Crippen LogP contribution is 2.20. The minimum atomic E-state index is -0.0348. The van der Waals surface area contributed by atoms with Gasteiger partial charge in [-0.3, -0.25) is 4.79 Å². The van der Waals surface area contributed by atoms with E-state index >= 15 is 0 Å². The zero-order valence-electron chi connectivity index (χ0n) is 14.3. The van der Waals surface area contributed by atoms with Gasteiger partial charge in [0.2, 0.25) is 11.1 Å². The molecule has 0 saturated carbocycles. The summed E-state index contributed by atoms with van der Waals surface area (Å²) in [6.07, 6.45) is 0. The quantitative estimate of drug-likeness (QED) is 0.672. The molecular weight excluding hydrogens is 354 g/mol. The Morgan fingerprint density at radius 1 is 1.20 bits per heavy atom. The Morgan fingerprint density at radius 3 is 2.76 bits per heavy atom. The van der Waals surface area contributed by atoms with E-state index in [-0.39, 0.29) is 11.7 Å². The summed E-state index contributed by atoms with van der Waals surface area (Å²) in [7, 11) is 0. The number of hydrogen-bond acceptors (Lipinski definition) is 6. The van der Waals surface area contributed by atoms with Crippen molar-refractivity contribution in [2.45, 2.75) is 32.5 Å². The number of benzene rings is 1. The van der Waals surface area contributed by atoms with Crippen LogP contribution in [-0.2, 0) is 11.3 Å². The lowest BCUT2D eigenvalue weighted by atomic mass is 10.1. The third kappa shape index (κ3) is 4.26. The number of carbonyl (C=O) groups excluding carboxylic acids is 1. The van der Waals surface area contributed by atoms with E-state index in [1.807, 2.05) is 30.5 Å². The van der Waals surface area contributed by atoms with Crippen molar-refractivity contribution in [1.82, 2.24) is 25.5 Å². The van der Waals surface area contributed by atoms with Crippen LogP contribution in [0.15, 0.2) is 34.8 Å². The van der Waals surface area contributed by atoms with Crippen molar-refractivity contribution in [3.8, 4) is 5.69 Å². The number of thiophene rings is 1. The molecule has 6 nitrogen and oxygen atoms in total. The standard InChI is InChI=1S/C17H19N5OS2/c1-11-4-5-14(8-13(11)3)22-17(19-20-21-22)25-10-16(23)18-9-15-12(2)6-7-24-15/h4-8H,9-10H2,1-3H3,(H,18,23). The topological polar surface area (TPSA) is 72.7 Å². The van der Waals surface area contributed by atoms with Crippen LogP contribution in [0.5, 0.6) is 0 Å². The molecule has 0 spiro atoms. The number of tetrazole rings is 1. The van der Waals surface area contributed by atoms with Crippen LogP contribution in [0, 0.1) is 20.8 Å². The second-order valence-corrected chi connectivity index (χ2v) is 7.68. The Kier molecular flexibility index (Phi) is 5.50. The highest BCUT2D eigenvalue weighted by atomic mass is 32.2. The fourth-order valence-electron chi connectivity index (χ4n) is 2.23. The molecule has 0 aliphatic heterocycles. The van der Waals surface area contributed by atoms with Gasteiger partial charge in [0.15, 0.2) is 0 Å². The lowest BCUT2D eigenvalue weighted by Crippen LogP contribution is -2.24. The predicted molar refractivity (Wildman–Crippen MR) is 100 cm³/mol. The minimum Gasteiger partial charge on any atom is -0.350 e. The molecule has 2 heterocycles. The molecule has 0 saturated heterocycles. The molecule has 3 rings (SSSR count). The molecule has 1 N–H and O–H groups in total. The molecule has 0 aliphatic carbocycles.